The number of H-pyrrole nitrogens is 2. The Hall–Kier alpha value is -5.92. The molecule has 2 saturated heterocycles. The van der Waals surface area contributed by atoms with Crippen molar-refractivity contribution < 1.29 is 28.7 Å². The first-order chi connectivity index (χ1) is 28.9. The van der Waals surface area contributed by atoms with Gasteiger partial charge in [-0.25, -0.2) is 19.6 Å². The van der Waals surface area contributed by atoms with Crippen molar-refractivity contribution in [3.63, 3.8) is 0 Å². The fraction of sp³-hybridized carbons (Fsp3) is 0.478. The Kier molecular flexibility index (Phi) is 11.6. The third-order valence-corrected chi connectivity index (χ3v) is 13.3. The Balaban J connectivity index is 0.945. The number of carbonyl (C=O) groups excluding carboxylic acids is 4. The SMILES string of the molecule is COC(=O)N=CC(C(=O)N1[C@@H]2CC[C@@H]2C[C@H]1c1ncc(-c2ccc(-c3ccc(-c4cnc([C@@H]5C[C@H]6CC[C@H]6N5C(=O)C(C=NC(=O)OC)C(C)C)[nH]4)cc3)cc2)[nH]1)C(C)C. The molecule has 4 aliphatic rings. The second kappa shape index (κ2) is 17.0. The summed E-state index contributed by atoms with van der Waals surface area (Å²) in [7, 11) is 2.55. The Bertz CT molecular complexity index is 2120. The number of amides is 4. The molecule has 60 heavy (non-hydrogen) atoms. The van der Waals surface area contributed by atoms with E-state index in [0.717, 1.165) is 83.8 Å². The lowest BCUT2D eigenvalue weighted by atomic mass is 9.79. The van der Waals surface area contributed by atoms with Gasteiger partial charge in [0.1, 0.15) is 11.6 Å². The highest BCUT2D eigenvalue weighted by Crippen LogP contribution is 2.51. The Morgan fingerprint density at radius 3 is 1.30 bits per heavy atom. The summed E-state index contributed by atoms with van der Waals surface area (Å²) in [5.74, 6) is 1.18. The third-order valence-electron chi connectivity index (χ3n) is 13.3. The fourth-order valence-corrected chi connectivity index (χ4v) is 9.53. The van der Waals surface area contributed by atoms with Gasteiger partial charge in [0, 0.05) is 24.5 Å². The number of likely N-dealkylation sites (tertiary alicyclic amines) is 2. The van der Waals surface area contributed by atoms with Gasteiger partial charge < -0.3 is 29.2 Å². The van der Waals surface area contributed by atoms with E-state index in [1.165, 1.54) is 26.6 Å². The van der Waals surface area contributed by atoms with Crippen LogP contribution in [0.5, 0.6) is 0 Å². The molecule has 14 nitrogen and oxygen atoms in total. The molecule has 4 amide bonds. The number of hydrogen-bond acceptors (Lipinski definition) is 8. The average molecular weight is 815 g/mol. The molecule has 0 bridgehead atoms. The zero-order valence-corrected chi connectivity index (χ0v) is 35.1. The van der Waals surface area contributed by atoms with Gasteiger partial charge in [0.15, 0.2) is 0 Å². The van der Waals surface area contributed by atoms with Crippen LogP contribution in [0.1, 0.15) is 90.0 Å². The molecule has 2 saturated carbocycles. The van der Waals surface area contributed by atoms with Gasteiger partial charge in [0.2, 0.25) is 11.8 Å². The van der Waals surface area contributed by atoms with E-state index in [2.05, 4.69) is 78.0 Å². The Morgan fingerprint density at radius 2 is 0.983 bits per heavy atom. The molecule has 14 heteroatoms. The van der Waals surface area contributed by atoms with E-state index in [0.29, 0.717) is 11.8 Å². The van der Waals surface area contributed by atoms with Crippen LogP contribution in [0, 0.1) is 35.5 Å². The van der Waals surface area contributed by atoms with Crippen LogP contribution in [0.4, 0.5) is 9.59 Å². The lowest BCUT2D eigenvalue weighted by Crippen LogP contribution is -2.47. The minimum atomic E-state index is -0.715. The van der Waals surface area contributed by atoms with Crippen molar-refractivity contribution in [2.45, 2.75) is 90.4 Å². The van der Waals surface area contributed by atoms with Crippen LogP contribution in [-0.2, 0) is 19.1 Å². The van der Waals surface area contributed by atoms with Gasteiger partial charge in [-0.1, -0.05) is 76.2 Å². The third kappa shape index (κ3) is 7.79. The number of aromatic nitrogens is 4. The molecule has 2 aromatic heterocycles. The number of rotatable bonds is 11. The second-order valence-corrected chi connectivity index (χ2v) is 17.4. The first-order valence-corrected chi connectivity index (χ1v) is 21.1. The molecule has 0 spiro atoms. The van der Waals surface area contributed by atoms with Crippen molar-refractivity contribution in [3.8, 4) is 33.6 Å². The molecule has 2 N–H and O–H groups in total. The van der Waals surface area contributed by atoms with E-state index < -0.39 is 24.0 Å². The van der Waals surface area contributed by atoms with Crippen LogP contribution in [0.25, 0.3) is 33.6 Å². The normalized spacial score (nSPS) is 24.3. The van der Waals surface area contributed by atoms with Gasteiger partial charge in [-0.3, -0.25) is 9.59 Å². The van der Waals surface area contributed by atoms with E-state index >= 15 is 0 Å². The largest absolute Gasteiger partial charge is 0.451 e. The molecule has 314 valence electrons. The number of imidazole rings is 2. The molecule has 8 atom stereocenters. The van der Waals surface area contributed by atoms with Gasteiger partial charge in [0.05, 0.1) is 61.9 Å². The number of ether oxygens (including phenoxy) is 2. The first kappa shape index (κ1) is 40.8. The maximum absolute atomic E-state index is 14.0. The molecule has 2 aliphatic heterocycles. The van der Waals surface area contributed by atoms with Crippen LogP contribution in [0.2, 0.25) is 0 Å². The predicted octanol–water partition coefficient (Wildman–Crippen LogP) is 8.46. The van der Waals surface area contributed by atoms with Gasteiger partial charge in [-0.2, -0.15) is 9.98 Å². The fourth-order valence-electron chi connectivity index (χ4n) is 9.53. The monoisotopic (exact) mass is 814 g/mol. The van der Waals surface area contributed by atoms with Gasteiger partial charge in [-0.05, 0) is 84.5 Å². The van der Waals surface area contributed by atoms with Crippen molar-refractivity contribution in [1.29, 1.82) is 0 Å². The standard InChI is InChI=1S/C46H54N8O6/c1-25(2)33(21-49-45(57)59-5)43(55)53-37-17-15-31(37)19-39(53)41-47-23-35(51-41)29-11-7-27(8-12-29)28-9-13-30(14-10-28)36-24-48-42(52-36)40-20-32-16-18-38(32)54(40)44(56)34(26(3)4)22-50-46(58)60-6/h7-14,21-26,31-34,37-40H,15-20H2,1-6H3,(H,47,51)(H,48,52)/t31-,32-,33?,34?,37-,38-,39+,40+/m1/s1. The summed E-state index contributed by atoms with van der Waals surface area (Å²) in [5, 5.41) is 0. The number of aromatic amines is 2. The van der Waals surface area contributed by atoms with Gasteiger partial charge in [0.25, 0.3) is 0 Å². The van der Waals surface area contributed by atoms with Crippen molar-refractivity contribution >= 4 is 36.4 Å². The highest BCUT2D eigenvalue weighted by Gasteiger charge is 2.52. The maximum Gasteiger partial charge on any atom is 0.432 e. The summed E-state index contributed by atoms with van der Waals surface area (Å²) in [5.41, 5.74) is 5.88. The van der Waals surface area contributed by atoms with Crippen molar-refractivity contribution in [2.75, 3.05) is 14.2 Å². The first-order valence-electron chi connectivity index (χ1n) is 21.1. The number of carbonyl (C=O) groups is 4. The summed E-state index contributed by atoms with van der Waals surface area (Å²) < 4.78 is 9.35. The van der Waals surface area contributed by atoms with E-state index in [1.54, 1.807) is 0 Å². The van der Waals surface area contributed by atoms with Gasteiger partial charge in [-0.15, -0.1) is 0 Å². The molecule has 2 unspecified atom stereocenters. The predicted molar refractivity (Wildman–Crippen MR) is 227 cm³/mol. The minimum Gasteiger partial charge on any atom is -0.451 e. The average Bonchev–Trinajstić information content (AvgIpc) is 4.02. The molecule has 4 fully saturated rings. The van der Waals surface area contributed by atoms with Crippen molar-refractivity contribution in [1.82, 2.24) is 29.7 Å². The maximum atomic E-state index is 14.0. The summed E-state index contributed by atoms with van der Waals surface area (Å²) in [6.45, 7) is 7.85. The van der Waals surface area contributed by atoms with Crippen molar-refractivity contribution in [2.24, 2.45) is 45.5 Å². The summed E-state index contributed by atoms with van der Waals surface area (Å²) in [4.78, 5) is 79.9. The lowest BCUT2D eigenvalue weighted by molar-refractivity contribution is -0.140. The highest BCUT2D eigenvalue weighted by atomic mass is 16.5. The van der Waals surface area contributed by atoms with E-state index in [1.807, 2.05) is 49.9 Å². The topological polar surface area (TPSA) is 175 Å². The molecular weight excluding hydrogens is 761 g/mol. The van der Waals surface area contributed by atoms with Gasteiger partial charge >= 0.3 is 12.2 Å². The number of fused-ring (bicyclic) bond motifs is 2. The summed E-state index contributed by atoms with van der Waals surface area (Å²) >= 11 is 0. The molecule has 4 aromatic rings. The Labute approximate surface area is 350 Å². The van der Waals surface area contributed by atoms with E-state index in [-0.39, 0.29) is 47.8 Å². The van der Waals surface area contributed by atoms with Crippen LogP contribution in [-0.4, -0.2) is 92.5 Å². The number of aliphatic imine (C=N–C) groups is 2. The van der Waals surface area contributed by atoms with Crippen LogP contribution < -0.4 is 0 Å². The van der Waals surface area contributed by atoms with E-state index in [4.69, 9.17) is 9.97 Å². The van der Waals surface area contributed by atoms with Crippen LogP contribution >= 0.6 is 0 Å². The Morgan fingerprint density at radius 1 is 0.617 bits per heavy atom. The second-order valence-electron chi connectivity index (χ2n) is 17.4. The summed E-state index contributed by atoms with van der Waals surface area (Å²) in [6, 6.07) is 16.7. The molecule has 2 aliphatic carbocycles. The number of nitrogens with zero attached hydrogens (tertiary/aromatic N) is 6. The molecule has 0 radical (unpaired) electrons. The lowest BCUT2D eigenvalue weighted by Gasteiger charge is -2.39. The summed E-state index contributed by atoms with van der Waals surface area (Å²) in [6.07, 6.45) is 10.9. The van der Waals surface area contributed by atoms with E-state index in [9.17, 15) is 19.2 Å². The zero-order chi connectivity index (χ0) is 42.2. The molecule has 2 aromatic carbocycles. The quantitative estimate of drug-likeness (QED) is 0.142. The van der Waals surface area contributed by atoms with Crippen LogP contribution in [0.15, 0.2) is 70.9 Å². The number of methoxy groups -OCH3 is 2. The highest BCUT2D eigenvalue weighted by molar-refractivity contribution is 5.98. The molecule has 4 heterocycles. The number of nitrogens with one attached hydrogen (secondary N) is 2. The number of hydrogen-bond donors (Lipinski definition) is 2. The number of benzene rings is 2. The smallest absolute Gasteiger partial charge is 0.432 e. The zero-order valence-electron chi connectivity index (χ0n) is 35.1. The minimum absolute atomic E-state index is 0.0315. The molecular formula is C46H54N8O6. The van der Waals surface area contributed by atoms with Crippen molar-refractivity contribution in [3.05, 3.63) is 72.6 Å². The van der Waals surface area contributed by atoms with Crippen LogP contribution in [0.3, 0.4) is 0 Å². The molecule has 8 rings (SSSR count).